The molecule has 1 amide bonds. The van der Waals surface area contributed by atoms with Gasteiger partial charge in [0.25, 0.3) is 15.9 Å². The molecular weight excluding hydrogens is 643 g/mol. The van der Waals surface area contributed by atoms with Crippen molar-refractivity contribution >= 4 is 27.6 Å². The van der Waals surface area contributed by atoms with Crippen LogP contribution in [0.3, 0.4) is 0 Å². The maximum atomic E-state index is 14.4. The molecule has 49 heavy (non-hydrogen) atoms. The predicted octanol–water partition coefficient (Wildman–Crippen LogP) is 5.42. The fourth-order valence-electron chi connectivity index (χ4n) is 6.36. The lowest BCUT2D eigenvalue weighted by atomic mass is 9.87. The molecule has 0 spiro atoms. The minimum atomic E-state index is -4.18. The number of nitrogens with one attached hydrogen (secondary N) is 1. The van der Waals surface area contributed by atoms with Crippen LogP contribution in [0.4, 0.5) is 11.6 Å². The van der Waals surface area contributed by atoms with Crippen LogP contribution in [0, 0.1) is 19.3 Å². The van der Waals surface area contributed by atoms with Gasteiger partial charge in [-0.1, -0.05) is 45.0 Å². The summed E-state index contributed by atoms with van der Waals surface area (Å²) in [6.07, 6.45) is 4.08. The lowest BCUT2D eigenvalue weighted by molar-refractivity contribution is -0.0168. The summed E-state index contributed by atoms with van der Waals surface area (Å²) < 4.78 is 41.8. The van der Waals surface area contributed by atoms with Gasteiger partial charge in [0, 0.05) is 37.4 Å². The second kappa shape index (κ2) is 13.0. The Morgan fingerprint density at radius 3 is 2.35 bits per heavy atom. The summed E-state index contributed by atoms with van der Waals surface area (Å²) in [6, 6.07) is 13.1. The van der Waals surface area contributed by atoms with Crippen molar-refractivity contribution in [2.75, 3.05) is 36.4 Å². The second-order valence-electron chi connectivity index (χ2n) is 14.3. The van der Waals surface area contributed by atoms with Crippen molar-refractivity contribution in [3.8, 4) is 17.1 Å². The third-order valence-corrected chi connectivity index (χ3v) is 10.3. The number of methoxy groups -OCH3 is 1. The molecule has 6 rings (SSSR count). The molecule has 1 atom stereocenters. The van der Waals surface area contributed by atoms with Crippen molar-refractivity contribution in [3.63, 3.8) is 0 Å². The van der Waals surface area contributed by atoms with Crippen molar-refractivity contribution in [2.24, 2.45) is 5.41 Å². The van der Waals surface area contributed by atoms with Crippen molar-refractivity contribution in [2.45, 2.75) is 71.0 Å². The molecule has 4 aromatic rings. The van der Waals surface area contributed by atoms with Gasteiger partial charge < -0.3 is 19.3 Å². The second-order valence-corrected chi connectivity index (χ2v) is 16.0. The largest absolute Gasteiger partial charge is 0.475 e. The molecule has 0 saturated carbocycles. The summed E-state index contributed by atoms with van der Waals surface area (Å²) in [5, 5.41) is 0. The molecule has 4 heterocycles. The van der Waals surface area contributed by atoms with Crippen LogP contribution in [0.5, 0.6) is 5.88 Å². The number of nitrogens with zero attached hydrogens (tertiary/aromatic N) is 6. The van der Waals surface area contributed by atoms with Crippen molar-refractivity contribution in [3.05, 3.63) is 83.4 Å². The van der Waals surface area contributed by atoms with Crippen molar-refractivity contribution < 1.29 is 22.7 Å². The average Bonchev–Trinajstić information content (AvgIpc) is 3.03. The number of carbonyl (C=O) groups is 1. The zero-order chi connectivity index (χ0) is 35.1. The van der Waals surface area contributed by atoms with Crippen LogP contribution >= 0.6 is 0 Å². The van der Waals surface area contributed by atoms with E-state index < -0.39 is 16.1 Å². The predicted molar refractivity (Wildman–Crippen MR) is 187 cm³/mol. The molecule has 0 radical (unpaired) electrons. The van der Waals surface area contributed by atoms with Gasteiger partial charge in [0.15, 0.2) is 0 Å². The maximum Gasteiger partial charge on any atom is 0.264 e. The van der Waals surface area contributed by atoms with Gasteiger partial charge >= 0.3 is 0 Å². The van der Waals surface area contributed by atoms with Gasteiger partial charge in [0.05, 0.1) is 46.9 Å². The number of amides is 1. The average molecular weight is 686 g/mol. The molecule has 0 unspecified atom stereocenters. The van der Waals surface area contributed by atoms with E-state index in [0.29, 0.717) is 17.9 Å². The Labute approximate surface area is 288 Å². The SMILES string of the molecule is COC1(C)CN(c2cnc(CN3C(=O)c4cccc(c4)S(=O)(=O)Nc4nc(cc(-c5c(C)cccc5C)n4)OC[C@H]3CC(C)(C)C)nc2)C1. The normalized spacial score (nSPS) is 18.7. The Morgan fingerprint density at radius 2 is 1.69 bits per heavy atom. The molecule has 2 aromatic carbocycles. The van der Waals surface area contributed by atoms with Gasteiger partial charge in [-0.15, -0.1) is 0 Å². The first-order valence-electron chi connectivity index (χ1n) is 16.3. The summed E-state index contributed by atoms with van der Waals surface area (Å²) in [4.78, 5) is 36.5. The van der Waals surface area contributed by atoms with Gasteiger partial charge in [0.2, 0.25) is 11.8 Å². The number of rotatable bonds is 6. The third-order valence-electron chi connectivity index (χ3n) is 8.94. The van der Waals surface area contributed by atoms with E-state index in [2.05, 4.69) is 57.3 Å². The summed E-state index contributed by atoms with van der Waals surface area (Å²) >= 11 is 0. The van der Waals surface area contributed by atoms with Gasteiger partial charge in [-0.05, 0) is 61.9 Å². The van der Waals surface area contributed by atoms with Gasteiger partial charge in [-0.3, -0.25) is 4.79 Å². The van der Waals surface area contributed by atoms with E-state index in [1.165, 1.54) is 12.1 Å². The summed E-state index contributed by atoms with van der Waals surface area (Å²) in [6.45, 7) is 13.9. The Morgan fingerprint density at radius 1 is 1.02 bits per heavy atom. The highest BCUT2D eigenvalue weighted by Crippen LogP contribution is 2.32. The van der Waals surface area contributed by atoms with Crippen LogP contribution in [-0.2, 0) is 21.3 Å². The van der Waals surface area contributed by atoms with Crippen molar-refractivity contribution in [1.82, 2.24) is 24.8 Å². The van der Waals surface area contributed by atoms with Gasteiger partial charge in [0.1, 0.15) is 12.4 Å². The molecule has 12 nitrogen and oxygen atoms in total. The lowest BCUT2D eigenvalue weighted by Crippen LogP contribution is -2.61. The number of benzene rings is 2. The number of sulfonamides is 1. The Hall–Kier alpha value is -4.62. The Balaban J connectivity index is 1.41. The molecular formula is C36H43N7O5S. The number of fused-ring (bicyclic) bond motifs is 4. The van der Waals surface area contributed by atoms with Crippen LogP contribution in [-0.4, -0.2) is 77.6 Å². The van der Waals surface area contributed by atoms with E-state index in [-0.39, 0.29) is 52.4 Å². The molecule has 2 aliphatic rings. The summed E-state index contributed by atoms with van der Waals surface area (Å²) in [5.74, 6) is 0.134. The first-order chi connectivity index (χ1) is 23.1. The highest BCUT2D eigenvalue weighted by molar-refractivity contribution is 7.92. The van der Waals surface area contributed by atoms with Crippen molar-refractivity contribution in [1.29, 1.82) is 0 Å². The highest BCUT2D eigenvalue weighted by atomic mass is 32.2. The van der Waals surface area contributed by atoms with Crippen LogP contribution in [0.2, 0.25) is 0 Å². The third kappa shape index (κ3) is 7.52. The molecule has 1 N–H and O–H groups in total. The molecule has 2 aliphatic heterocycles. The lowest BCUT2D eigenvalue weighted by Gasteiger charge is -2.47. The van der Waals surface area contributed by atoms with E-state index in [1.54, 1.807) is 42.6 Å². The molecule has 1 fully saturated rings. The van der Waals surface area contributed by atoms with E-state index in [4.69, 9.17) is 9.47 Å². The quantitative estimate of drug-likeness (QED) is 0.280. The number of aromatic nitrogens is 4. The fourth-order valence-corrected chi connectivity index (χ4v) is 7.35. The Kier molecular flexibility index (Phi) is 9.10. The van der Waals surface area contributed by atoms with E-state index >= 15 is 0 Å². The number of carbonyl (C=O) groups excluding carboxylic acids is 1. The van der Waals surface area contributed by atoms with Crippen LogP contribution in [0.15, 0.2) is 65.8 Å². The van der Waals surface area contributed by atoms with Crippen LogP contribution in [0.1, 0.15) is 61.4 Å². The number of hydrogen-bond acceptors (Lipinski definition) is 10. The summed E-state index contributed by atoms with van der Waals surface area (Å²) in [7, 11) is -2.47. The minimum Gasteiger partial charge on any atom is -0.475 e. The smallest absolute Gasteiger partial charge is 0.264 e. The first-order valence-corrected chi connectivity index (χ1v) is 17.7. The topological polar surface area (TPSA) is 140 Å². The molecule has 13 heteroatoms. The Bertz CT molecular complexity index is 1950. The van der Waals surface area contributed by atoms with Crippen LogP contribution in [0.25, 0.3) is 11.3 Å². The van der Waals surface area contributed by atoms with E-state index in [0.717, 1.165) is 35.5 Å². The first kappa shape index (κ1) is 34.3. The maximum absolute atomic E-state index is 14.4. The zero-order valence-electron chi connectivity index (χ0n) is 29.0. The molecule has 258 valence electrons. The van der Waals surface area contributed by atoms with Crippen LogP contribution < -0.4 is 14.4 Å². The van der Waals surface area contributed by atoms with E-state index in [9.17, 15) is 13.2 Å². The molecule has 2 aromatic heterocycles. The number of ether oxygens (including phenoxy) is 2. The number of hydrogen-bond donors (Lipinski definition) is 1. The monoisotopic (exact) mass is 685 g/mol. The zero-order valence-corrected chi connectivity index (χ0v) is 29.8. The van der Waals surface area contributed by atoms with E-state index in [1.807, 2.05) is 32.0 Å². The minimum absolute atomic E-state index is 0.0803. The summed E-state index contributed by atoms with van der Waals surface area (Å²) in [5.41, 5.74) is 3.99. The molecule has 1 saturated heterocycles. The van der Waals surface area contributed by atoms with Gasteiger partial charge in [-0.2, -0.15) is 4.98 Å². The fraction of sp³-hybridized carbons (Fsp3) is 0.417. The molecule has 4 bridgehead atoms. The number of aryl methyl sites for hydroxylation is 2. The number of anilines is 2. The molecule has 0 aliphatic carbocycles. The highest BCUT2D eigenvalue weighted by Gasteiger charge is 2.39. The van der Waals surface area contributed by atoms with Gasteiger partial charge in [-0.25, -0.2) is 28.1 Å². The standard InChI is InChI=1S/C36H43N7O5S/c1-23-10-8-11-24(2)32(23)29-15-31-40-34(39-29)41-49(45,46)28-13-9-12-25(14-28)33(44)43(26(20-48-31)16-35(3,4)5)19-30-37-17-27(18-38-30)42-21-36(6,22-42)47-7/h8-15,17-18,26H,16,19-22H2,1-7H3,(H,39,40,41)/t26-/m1/s1.